The molecule has 0 fully saturated rings. The lowest BCUT2D eigenvalue weighted by molar-refractivity contribution is 0.134. The van der Waals surface area contributed by atoms with Gasteiger partial charge in [-0.2, -0.15) is 0 Å². The molecule has 0 bridgehead atoms. The molecule has 1 heterocycles. The molecule has 1 aliphatic heterocycles. The van der Waals surface area contributed by atoms with Crippen LogP contribution in [-0.4, -0.2) is 7.05 Å². The van der Waals surface area contributed by atoms with E-state index in [2.05, 4.69) is 44.3 Å². The molecule has 1 N–H and O–H groups in total. The van der Waals surface area contributed by atoms with Crippen molar-refractivity contribution in [3.63, 3.8) is 0 Å². The predicted molar refractivity (Wildman–Crippen MR) is 70.8 cm³/mol. The van der Waals surface area contributed by atoms with Crippen molar-refractivity contribution in [1.82, 2.24) is 5.32 Å². The summed E-state index contributed by atoms with van der Waals surface area (Å²) in [5.74, 6) is 0. The quantitative estimate of drug-likeness (QED) is 0.860. The first-order valence-corrected chi connectivity index (χ1v) is 6.45. The van der Waals surface area contributed by atoms with E-state index in [0.29, 0.717) is 6.04 Å². The molecule has 0 saturated carbocycles. The summed E-state index contributed by atoms with van der Waals surface area (Å²) in [5.41, 5.74) is 4.35. The number of rotatable bonds is 4. The first-order valence-electron chi connectivity index (χ1n) is 6.45. The van der Waals surface area contributed by atoms with Crippen LogP contribution in [0.2, 0.25) is 0 Å². The van der Waals surface area contributed by atoms with Crippen LogP contribution in [0.15, 0.2) is 18.2 Å². The second-order valence-corrected chi connectivity index (χ2v) is 5.58. The number of hydrogen-bond acceptors (Lipinski definition) is 2. The summed E-state index contributed by atoms with van der Waals surface area (Å²) < 4.78 is 5.47. The zero-order valence-electron chi connectivity index (χ0n) is 11.3. The number of hydrogen-bond donors (Lipinski definition) is 1. The normalized spacial score (nSPS) is 16.9. The van der Waals surface area contributed by atoms with Gasteiger partial charge in [0.2, 0.25) is 0 Å². The molecule has 2 heteroatoms. The van der Waals surface area contributed by atoms with Crippen LogP contribution in [0.25, 0.3) is 0 Å². The summed E-state index contributed by atoms with van der Waals surface area (Å²) in [6, 6.07) is 7.17. The fourth-order valence-electron chi connectivity index (χ4n) is 2.58. The van der Waals surface area contributed by atoms with E-state index < -0.39 is 0 Å². The minimum absolute atomic E-state index is 0.266. The maximum Gasteiger partial charge on any atom is 0.0725 e. The number of fused-ring (bicyclic) bond motifs is 1. The zero-order chi connectivity index (χ0) is 12.5. The summed E-state index contributed by atoms with van der Waals surface area (Å²) >= 11 is 0. The van der Waals surface area contributed by atoms with Gasteiger partial charge in [0.05, 0.1) is 13.2 Å². The summed E-state index contributed by atoms with van der Waals surface area (Å²) in [6.07, 6.45) is 1.16. The molecule has 2 nitrogen and oxygen atoms in total. The van der Waals surface area contributed by atoms with E-state index in [4.69, 9.17) is 4.74 Å². The van der Waals surface area contributed by atoms with Crippen LogP contribution < -0.4 is 5.32 Å². The van der Waals surface area contributed by atoms with Crippen molar-refractivity contribution >= 4 is 0 Å². The average molecular weight is 233 g/mol. The van der Waals surface area contributed by atoms with E-state index in [1.54, 1.807) is 0 Å². The van der Waals surface area contributed by atoms with E-state index in [1.165, 1.54) is 16.7 Å². The molecule has 1 unspecified atom stereocenters. The van der Waals surface area contributed by atoms with E-state index in [0.717, 1.165) is 19.6 Å². The summed E-state index contributed by atoms with van der Waals surface area (Å²) in [6.45, 7) is 8.43. The molecule has 2 rings (SSSR count). The lowest BCUT2D eigenvalue weighted by Crippen LogP contribution is -2.31. The third-order valence-corrected chi connectivity index (χ3v) is 4.06. The second-order valence-electron chi connectivity index (χ2n) is 5.58. The molecular weight excluding hydrogens is 210 g/mol. The summed E-state index contributed by atoms with van der Waals surface area (Å²) in [4.78, 5) is 0. The Bertz CT molecular complexity index is 398. The molecule has 1 aromatic carbocycles. The van der Waals surface area contributed by atoms with Crippen LogP contribution in [0.4, 0.5) is 0 Å². The van der Waals surface area contributed by atoms with Gasteiger partial charge < -0.3 is 10.1 Å². The molecule has 0 aliphatic carbocycles. The van der Waals surface area contributed by atoms with Gasteiger partial charge in [-0.3, -0.25) is 0 Å². The Morgan fingerprint density at radius 3 is 2.65 bits per heavy atom. The van der Waals surface area contributed by atoms with Gasteiger partial charge in [-0.05, 0) is 35.6 Å². The first-order chi connectivity index (χ1) is 8.08. The third kappa shape index (κ3) is 2.38. The monoisotopic (exact) mass is 233 g/mol. The van der Waals surface area contributed by atoms with Gasteiger partial charge in [0.25, 0.3) is 0 Å². The van der Waals surface area contributed by atoms with Gasteiger partial charge >= 0.3 is 0 Å². The topological polar surface area (TPSA) is 21.3 Å². The van der Waals surface area contributed by atoms with Gasteiger partial charge in [-0.25, -0.2) is 0 Å². The largest absolute Gasteiger partial charge is 0.372 e. The molecular formula is C15H23NO. The van der Waals surface area contributed by atoms with E-state index in [1.807, 2.05) is 7.05 Å². The van der Waals surface area contributed by atoms with Crippen molar-refractivity contribution < 1.29 is 4.74 Å². The molecule has 17 heavy (non-hydrogen) atoms. The van der Waals surface area contributed by atoms with Crippen molar-refractivity contribution in [2.75, 3.05) is 7.05 Å². The molecule has 0 amide bonds. The Morgan fingerprint density at radius 2 is 2.00 bits per heavy atom. The highest BCUT2D eigenvalue weighted by molar-refractivity contribution is 5.35. The molecule has 0 spiro atoms. The molecule has 1 aliphatic rings. The Kier molecular flexibility index (Phi) is 3.55. The van der Waals surface area contributed by atoms with Crippen LogP contribution in [0.3, 0.4) is 0 Å². The Morgan fingerprint density at radius 1 is 1.29 bits per heavy atom. The Labute approximate surface area is 104 Å². The van der Waals surface area contributed by atoms with Crippen molar-refractivity contribution in [3.8, 4) is 0 Å². The predicted octanol–water partition coefficient (Wildman–Crippen LogP) is 3.41. The standard InChI is InChI=1S/C15H23NO/c1-5-15(2,3)14(16-4)11-6-7-12-9-17-10-13(12)8-11/h6-8,14,16H,5,9-10H2,1-4H3. The molecule has 1 aromatic rings. The van der Waals surface area contributed by atoms with Gasteiger partial charge in [0, 0.05) is 6.04 Å². The minimum Gasteiger partial charge on any atom is -0.372 e. The van der Waals surface area contributed by atoms with Gasteiger partial charge in [0.1, 0.15) is 0 Å². The van der Waals surface area contributed by atoms with Gasteiger partial charge in [-0.15, -0.1) is 0 Å². The smallest absolute Gasteiger partial charge is 0.0725 e. The molecule has 0 radical (unpaired) electrons. The lowest BCUT2D eigenvalue weighted by Gasteiger charge is -2.34. The van der Waals surface area contributed by atoms with Crippen molar-refractivity contribution in [1.29, 1.82) is 0 Å². The fraction of sp³-hybridized carbons (Fsp3) is 0.600. The van der Waals surface area contributed by atoms with Crippen molar-refractivity contribution in [2.45, 2.75) is 46.4 Å². The number of nitrogens with one attached hydrogen (secondary N) is 1. The first kappa shape index (κ1) is 12.6. The molecule has 1 atom stereocenters. The Balaban J connectivity index is 2.32. The second kappa shape index (κ2) is 4.79. The van der Waals surface area contributed by atoms with Crippen molar-refractivity contribution in [3.05, 3.63) is 34.9 Å². The highest BCUT2D eigenvalue weighted by Gasteiger charge is 2.28. The fourth-order valence-corrected chi connectivity index (χ4v) is 2.58. The molecule has 0 aromatic heterocycles. The van der Waals surface area contributed by atoms with E-state index in [-0.39, 0.29) is 5.41 Å². The SMILES string of the molecule is CCC(C)(C)C(NC)c1ccc2c(c1)COC2. The van der Waals surface area contributed by atoms with E-state index in [9.17, 15) is 0 Å². The van der Waals surface area contributed by atoms with Crippen LogP contribution in [0.1, 0.15) is 49.9 Å². The molecule has 94 valence electrons. The van der Waals surface area contributed by atoms with Gasteiger partial charge in [-0.1, -0.05) is 39.0 Å². The third-order valence-electron chi connectivity index (χ3n) is 4.06. The lowest BCUT2D eigenvalue weighted by atomic mass is 9.78. The number of ether oxygens (including phenoxy) is 1. The van der Waals surface area contributed by atoms with Crippen molar-refractivity contribution in [2.24, 2.45) is 5.41 Å². The maximum absolute atomic E-state index is 5.47. The molecule has 0 saturated heterocycles. The van der Waals surface area contributed by atoms with Crippen LogP contribution in [0, 0.1) is 5.41 Å². The van der Waals surface area contributed by atoms with Crippen LogP contribution >= 0.6 is 0 Å². The Hall–Kier alpha value is -0.860. The highest BCUT2D eigenvalue weighted by Crippen LogP contribution is 2.37. The van der Waals surface area contributed by atoms with Gasteiger partial charge in [0.15, 0.2) is 0 Å². The van der Waals surface area contributed by atoms with Crippen LogP contribution in [-0.2, 0) is 18.0 Å². The van der Waals surface area contributed by atoms with Crippen LogP contribution in [0.5, 0.6) is 0 Å². The number of benzene rings is 1. The maximum atomic E-state index is 5.47. The average Bonchev–Trinajstić information content (AvgIpc) is 2.77. The summed E-state index contributed by atoms with van der Waals surface area (Å²) in [5, 5.41) is 3.46. The summed E-state index contributed by atoms with van der Waals surface area (Å²) in [7, 11) is 2.05. The minimum atomic E-state index is 0.266. The van der Waals surface area contributed by atoms with E-state index >= 15 is 0 Å². The highest BCUT2D eigenvalue weighted by atomic mass is 16.5. The zero-order valence-corrected chi connectivity index (χ0v) is 11.3.